The van der Waals surface area contributed by atoms with Crippen molar-refractivity contribution >= 4 is 15.7 Å². The Labute approximate surface area is 120 Å². The molecule has 0 N–H and O–H groups in total. The van der Waals surface area contributed by atoms with Gasteiger partial charge in [-0.2, -0.15) is 0 Å². The summed E-state index contributed by atoms with van der Waals surface area (Å²) in [6.07, 6.45) is 1.27. The van der Waals surface area contributed by atoms with Gasteiger partial charge in [0.05, 0.1) is 17.4 Å². The van der Waals surface area contributed by atoms with Gasteiger partial charge in [-0.05, 0) is 18.4 Å². The molecule has 0 saturated carbocycles. The molecule has 2 unspecified atom stereocenters. The molecular weight excluding hydrogens is 274 g/mol. The zero-order valence-electron chi connectivity index (χ0n) is 12.0. The van der Waals surface area contributed by atoms with Crippen LogP contribution in [0.25, 0.3) is 0 Å². The molecule has 0 aliphatic carbocycles. The van der Waals surface area contributed by atoms with E-state index in [1.807, 2.05) is 37.3 Å². The maximum Gasteiger partial charge on any atom is 0.230 e. The lowest BCUT2D eigenvalue weighted by molar-refractivity contribution is -0.133. The first-order valence-corrected chi connectivity index (χ1v) is 8.79. The SMILES string of the molecule is CCC(C(=O)N(C)C1CCS(=O)(=O)C1)c1ccccc1. The van der Waals surface area contributed by atoms with Gasteiger partial charge in [0.15, 0.2) is 9.84 Å². The minimum absolute atomic E-state index is 0.0146. The van der Waals surface area contributed by atoms with Gasteiger partial charge in [-0.25, -0.2) is 8.42 Å². The number of carbonyl (C=O) groups excluding carboxylic acids is 1. The molecule has 2 atom stereocenters. The van der Waals surface area contributed by atoms with Gasteiger partial charge in [-0.15, -0.1) is 0 Å². The molecule has 1 fully saturated rings. The highest BCUT2D eigenvalue weighted by atomic mass is 32.2. The third-order valence-corrected chi connectivity index (χ3v) is 5.76. The summed E-state index contributed by atoms with van der Waals surface area (Å²) in [5.41, 5.74) is 0.993. The molecule has 1 amide bonds. The quantitative estimate of drug-likeness (QED) is 0.851. The van der Waals surface area contributed by atoms with Gasteiger partial charge in [-0.1, -0.05) is 37.3 Å². The molecule has 4 nitrogen and oxygen atoms in total. The van der Waals surface area contributed by atoms with Crippen molar-refractivity contribution in [2.75, 3.05) is 18.6 Å². The number of nitrogens with zero attached hydrogens (tertiary/aromatic N) is 1. The maximum atomic E-state index is 12.6. The van der Waals surface area contributed by atoms with Crippen molar-refractivity contribution in [3.63, 3.8) is 0 Å². The Morgan fingerprint density at radius 1 is 1.35 bits per heavy atom. The summed E-state index contributed by atoms with van der Waals surface area (Å²) in [4.78, 5) is 14.2. The van der Waals surface area contributed by atoms with Crippen molar-refractivity contribution in [2.45, 2.75) is 31.7 Å². The van der Waals surface area contributed by atoms with Gasteiger partial charge >= 0.3 is 0 Å². The lowest BCUT2D eigenvalue weighted by Crippen LogP contribution is -2.40. The van der Waals surface area contributed by atoms with E-state index in [1.165, 1.54) is 0 Å². The predicted molar refractivity (Wildman–Crippen MR) is 79.3 cm³/mol. The third kappa shape index (κ3) is 3.20. The molecule has 5 heteroatoms. The van der Waals surface area contributed by atoms with E-state index in [2.05, 4.69) is 0 Å². The fourth-order valence-corrected chi connectivity index (χ4v) is 4.52. The second-order valence-corrected chi connectivity index (χ2v) is 7.61. The van der Waals surface area contributed by atoms with Gasteiger partial charge in [0, 0.05) is 13.1 Å². The first-order chi connectivity index (χ1) is 9.44. The molecule has 1 heterocycles. The van der Waals surface area contributed by atoms with Gasteiger partial charge in [0.2, 0.25) is 5.91 Å². The number of rotatable bonds is 4. The van der Waals surface area contributed by atoms with Crippen molar-refractivity contribution < 1.29 is 13.2 Å². The highest BCUT2D eigenvalue weighted by Crippen LogP contribution is 2.25. The fraction of sp³-hybridized carbons (Fsp3) is 0.533. The lowest BCUT2D eigenvalue weighted by atomic mass is 9.94. The minimum Gasteiger partial charge on any atom is -0.341 e. The van der Waals surface area contributed by atoms with Gasteiger partial charge in [0.25, 0.3) is 0 Å². The number of likely N-dealkylation sites (N-methyl/N-ethyl adjacent to an activating group) is 1. The number of amides is 1. The van der Waals surface area contributed by atoms with E-state index >= 15 is 0 Å². The maximum absolute atomic E-state index is 12.6. The molecule has 1 aliphatic rings. The van der Waals surface area contributed by atoms with E-state index in [-0.39, 0.29) is 29.4 Å². The number of hydrogen-bond donors (Lipinski definition) is 0. The Bertz CT molecular complexity index is 568. The normalized spacial score (nSPS) is 22.4. The molecule has 0 spiro atoms. The highest BCUT2D eigenvalue weighted by molar-refractivity contribution is 7.91. The highest BCUT2D eigenvalue weighted by Gasteiger charge is 2.34. The molecule has 110 valence electrons. The Morgan fingerprint density at radius 2 is 2.00 bits per heavy atom. The van der Waals surface area contributed by atoms with E-state index in [9.17, 15) is 13.2 Å². The molecule has 0 bridgehead atoms. The number of hydrogen-bond acceptors (Lipinski definition) is 3. The summed E-state index contributed by atoms with van der Waals surface area (Å²) >= 11 is 0. The van der Waals surface area contributed by atoms with Crippen LogP contribution in [0.3, 0.4) is 0 Å². The summed E-state index contributed by atoms with van der Waals surface area (Å²) in [5, 5.41) is 0. The summed E-state index contributed by atoms with van der Waals surface area (Å²) in [6, 6.07) is 9.49. The predicted octanol–water partition coefficient (Wildman–Crippen LogP) is 1.83. The molecule has 1 aliphatic heterocycles. The molecule has 1 saturated heterocycles. The molecule has 1 aromatic rings. The number of carbonyl (C=O) groups is 1. The average Bonchev–Trinajstić information content (AvgIpc) is 2.80. The van der Waals surface area contributed by atoms with Crippen LogP contribution in [0.15, 0.2) is 30.3 Å². The van der Waals surface area contributed by atoms with Gasteiger partial charge < -0.3 is 4.90 Å². The van der Waals surface area contributed by atoms with E-state index < -0.39 is 9.84 Å². The third-order valence-electron chi connectivity index (χ3n) is 4.01. The van der Waals surface area contributed by atoms with Crippen LogP contribution in [-0.4, -0.2) is 43.8 Å². The van der Waals surface area contributed by atoms with Crippen LogP contribution < -0.4 is 0 Å². The van der Waals surface area contributed by atoms with E-state index in [4.69, 9.17) is 0 Å². The topological polar surface area (TPSA) is 54.5 Å². The molecule has 20 heavy (non-hydrogen) atoms. The second-order valence-electron chi connectivity index (χ2n) is 5.38. The first-order valence-electron chi connectivity index (χ1n) is 6.96. The zero-order valence-corrected chi connectivity index (χ0v) is 12.8. The smallest absolute Gasteiger partial charge is 0.230 e. The average molecular weight is 295 g/mol. The monoisotopic (exact) mass is 295 g/mol. The zero-order chi connectivity index (χ0) is 14.8. The first kappa shape index (κ1) is 15.0. The Balaban J connectivity index is 2.13. The van der Waals surface area contributed by atoms with Crippen LogP contribution in [-0.2, 0) is 14.6 Å². The van der Waals surface area contributed by atoms with Crippen LogP contribution >= 0.6 is 0 Å². The van der Waals surface area contributed by atoms with Crippen molar-refractivity contribution in [3.05, 3.63) is 35.9 Å². The van der Waals surface area contributed by atoms with Crippen LogP contribution in [0.4, 0.5) is 0 Å². The summed E-state index contributed by atoms with van der Waals surface area (Å²) in [5.74, 6) is 0.114. The minimum atomic E-state index is -2.96. The van der Waals surface area contributed by atoms with Crippen molar-refractivity contribution in [2.24, 2.45) is 0 Å². The molecular formula is C15H21NO3S. The molecule has 1 aromatic carbocycles. The van der Waals surface area contributed by atoms with Crippen LogP contribution in [0.2, 0.25) is 0 Å². The Morgan fingerprint density at radius 3 is 2.50 bits per heavy atom. The largest absolute Gasteiger partial charge is 0.341 e. The molecule has 2 rings (SSSR count). The standard InChI is InChI=1S/C15H21NO3S/c1-3-14(12-7-5-4-6-8-12)15(17)16(2)13-9-10-20(18,19)11-13/h4-8,13-14H,3,9-11H2,1-2H3. The summed E-state index contributed by atoms with van der Waals surface area (Å²) in [7, 11) is -1.24. The summed E-state index contributed by atoms with van der Waals surface area (Å²) in [6.45, 7) is 1.98. The Hall–Kier alpha value is -1.36. The van der Waals surface area contributed by atoms with E-state index in [1.54, 1.807) is 11.9 Å². The van der Waals surface area contributed by atoms with E-state index in [0.717, 1.165) is 5.56 Å². The van der Waals surface area contributed by atoms with Crippen molar-refractivity contribution in [1.82, 2.24) is 4.90 Å². The van der Waals surface area contributed by atoms with Crippen LogP contribution in [0.1, 0.15) is 31.2 Å². The second kappa shape index (κ2) is 5.95. The van der Waals surface area contributed by atoms with Crippen LogP contribution in [0.5, 0.6) is 0 Å². The summed E-state index contributed by atoms with van der Waals surface area (Å²) < 4.78 is 23.1. The number of sulfone groups is 1. The van der Waals surface area contributed by atoms with Gasteiger partial charge in [-0.3, -0.25) is 4.79 Å². The fourth-order valence-electron chi connectivity index (χ4n) is 2.74. The van der Waals surface area contributed by atoms with E-state index in [0.29, 0.717) is 12.8 Å². The number of benzene rings is 1. The molecule has 0 radical (unpaired) electrons. The van der Waals surface area contributed by atoms with Crippen molar-refractivity contribution in [1.29, 1.82) is 0 Å². The van der Waals surface area contributed by atoms with Gasteiger partial charge in [0.1, 0.15) is 0 Å². The van der Waals surface area contributed by atoms with Crippen molar-refractivity contribution in [3.8, 4) is 0 Å². The Kier molecular flexibility index (Phi) is 4.48. The lowest BCUT2D eigenvalue weighted by Gasteiger charge is -2.28. The molecule has 0 aromatic heterocycles. The van der Waals surface area contributed by atoms with Crippen LogP contribution in [0, 0.1) is 0 Å².